The fourth-order valence-corrected chi connectivity index (χ4v) is 2.55. The van der Waals surface area contributed by atoms with Gasteiger partial charge in [-0.1, -0.05) is 12.1 Å². The first kappa shape index (κ1) is 19.1. The minimum Gasteiger partial charge on any atom is -0.493 e. The van der Waals surface area contributed by atoms with Crippen LogP contribution in [0.1, 0.15) is 22.3 Å². The number of nitrogens with zero attached hydrogens (tertiary/aromatic N) is 1. The van der Waals surface area contributed by atoms with Crippen LogP contribution in [0.3, 0.4) is 0 Å². The summed E-state index contributed by atoms with van der Waals surface area (Å²) in [6.07, 6.45) is 1.61. The van der Waals surface area contributed by atoms with E-state index in [0.717, 1.165) is 16.7 Å². The Kier molecular flexibility index (Phi) is 6.03. The maximum Gasteiger partial charge on any atom is 0.266 e. The van der Waals surface area contributed by atoms with Crippen LogP contribution in [-0.4, -0.2) is 20.1 Å². The Hall–Kier alpha value is -3.26. The van der Waals surface area contributed by atoms with Crippen molar-refractivity contribution in [2.24, 2.45) is 0 Å². The van der Waals surface area contributed by atoms with Crippen LogP contribution in [0.4, 0.5) is 5.69 Å². The molecule has 1 N–H and O–H groups in total. The van der Waals surface area contributed by atoms with Crippen LogP contribution < -0.4 is 14.8 Å². The van der Waals surface area contributed by atoms with Crippen LogP contribution >= 0.6 is 0 Å². The van der Waals surface area contributed by atoms with Crippen molar-refractivity contribution in [3.8, 4) is 17.6 Å². The van der Waals surface area contributed by atoms with Crippen molar-refractivity contribution in [1.29, 1.82) is 5.26 Å². The number of carbonyl (C=O) groups excluding carboxylic acids is 1. The highest BCUT2D eigenvalue weighted by molar-refractivity contribution is 6.09. The number of methoxy groups -OCH3 is 2. The lowest BCUT2D eigenvalue weighted by atomic mass is 9.99. The van der Waals surface area contributed by atoms with Crippen molar-refractivity contribution in [3.63, 3.8) is 0 Å². The number of benzene rings is 2. The van der Waals surface area contributed by atoms with Gasteiger partial charge < -0.3 is 14.8 Å². The van der Waals surface area contributed by atoms with Gasteiger partial charge in [-0.3, -0.25) is 4.79 Å². The van der Waals surface area contributed by atoms with Crippen LogP contribution in [0.2, 0.25) is 0 Å². The molecule has 0 saturated carbocycles. The molecule has 0 aliphatic carbocycles. The number of carbonyl (C=O) groups is 1. The lowest BCUT2D eigenvalue weighted by molar-refractivity contribution is -0.112. The third-order valence-electron chi connectivity index (χ3n) is 4.19. The average molecular weight is 350 g/mol. The molecule has 0 fully saturated rings. The molecule has 2 rings (SSSR count). The number of hydrogen-bond acceptors (Lipinski definition) is 4. The molecule has 5 nitrogen and oxygen atoms in total. The zero-order chi connectivity index (χ0) is 19.3. The van der Waals surface area contributed by atoms with Gasteiger partial charge in [-0.05, 0) is 61.2 Å². The van der Waals surface area contributed by atoms with Gasteiger partial charge in [0.15, 0.2) is 11.5 Å². The van der Waals surface area contributed by atoms with Gasteiger partial charge in [-0.2, -0.15) is 5.26 Å². The second kappa shape index (κ2) is 8.21. The van der Waals surface area contributed by atoms with E-state index in [-0.39, 0.29) is 5.57 Å². The molecule has 2 aromatic carbocycles. The van der Waals surface area contributed by atoms with Gasteiger partial charge in [0.1, 0.15) is 11.6 Å². The lowest BCUT2D eigenvalue weighted by Crippen LogP contribution is -2.13. The highest BCUT2D eigenvalue weighted by Gasteiger charge is 2.12. The molecule has 0 atom stereocenters. The molecule has 0 heterocycles. The van der Waals surface area contributed by atoms with E-state index in [9.17, 15) is 10.1 Å². The van der Waals surface area contributed by atoms with Crippen LogP contribution in [0.5, 0.6) is 11.5 Å². The van der Waals surface area contributed by atoms with E-state index in [1.807, 2.05) is 39.0 Å². The standard InChI is InChI=1S/C21H22N2O3/c1-13-8-15(3)16(9-14(13)2)10-17(12-22)21(24)23-18-6-7-19(25-4)20(11-18)26-5/h6-11H,1-5H3,(H,23,24)/b17-10+. The molecule has 5 heteroatoms. The minimum atomic E-state index is -0.475. The predicted octanol–water partition coefficient (Wildman–Crippen LogP) is 4.17. The minimum absolute atomic E-state index is 0.0335. The molecule has 26 heavy (non-hydrogen) atoms. The van der Waals surface area contributed by atoms with Crippen molar-refractivity contribution >= 4 is 17.7 Å². The molecule has 0 unspecified atom stereocenters. The summed E-state index contributed by atoms with van der Waals surface area (Å²) in [6, 6.07) is 11.0. The Morgan fingerprint density at radius 1 is 1.00 bits per heavy atom. The molecule has 0 bridgehead atoms. The van der Waals surface area contributed by atoms with E-state index >= 15 is 0 Å². The largest absolute Gasteiger partial charge is 0.493 e. The van der Waals surface area contributed by atoms with Gasteiger partial charge in [0.05, 0.1) is 14.2 Å². The monoisotopic (exact) mass is 350 g/mol. The van der Waals surface area contributed by atoms with Crippen LogP contribution in [0.25, 0.3) is 6.08 Å². The van der Waals surface area contributed by atoms with Crippen molar-refractivity contribution in [2.75, 3.05) is 19.5 Å². The summed E-state index contributed by atoms with van der Waals surface area (Å²) in [5.74, 6) is 0.586. The van der Waals surface area contributed by atoms with E-state index in [2.05, 4.69) is 5.32 Å². The first-order valence-electron chi connectivity index (χ1n) is 8.12. The normalized spacial score (nSPS) is 10.8. The summed E-state index contributed by atoms with van der Waals surface area (Å²) in [5.41, 5.74) is 4.70. The lowest BCUT2D eigenvalue weighted by Gasteiger charge is -2.11. The molecule has 0 aliphatic heterocycles. The number of amides is 1. The van der Waals surface area contributed by atoms with Crippen LogP contribution in [0.15, 0.2) is 35.9 Å². The molecule has 2 aromatic rings. The Morgan fingerprint density at radius 2 is 1.65 bits per heavy atom. The van der Waals surface area contributed by atoms with E-state index in [1.54, 1.807) is 31.4 Å². The molecule has 134 valence electrons. The number of nitriles is 1. The number of hydrogen-bond donors (Lipinski definition) is 1. The maximum absolute atomic E-state index is 12.5. The Morgan fingerprint density at radius 3 is 2.27 bits per heavy atom. The molecule has 0 aliphatic rings. The summed E-state index contributed by atoms with van der Waals surface area (Å²) in [4.78, 5) is 12.5. The molecular weight excluding hydrogens is 328 g/mol. The first-order chi connectivity index (χ1) is 12.4. The van der Waals surface area contributed by atoms with Crippen molar-refractivity contribution in [1.82, 2.24) is 0 Å². The van der Waals surface area contributed by atoms with Gasteiger partial charge >= 0.3 is 0 Å². The molecular formula is C21H22N2O3. The fourth-order valence-electron chi connectivity index (χ4n) is 2.55. The quantitative estimate of drug-likeness (QED) is 0.649. The van der Waals surface area contributed by atoms with Crippen molar-refractivity contribution in [2.45, 2.75) is 20.8 Å². The summed E-state index contributed by atoms with van der Waals surface area (Å²) < 4.78 is 10.4. The molecule has 0 spiro atoms. The predicted molar refractivity (Wildman–Crippen MR) is 102 cm³/mol. The van der Waals surface area contributed by atoms with Gasteiger partial charge in [-0.15, -0.1) is 0 Å². The van der Waals surface area contributed by atoms with Gasteiger partial charge in [0.2, 0.25) is 0 Å². The summed E-state index contributed by atoms with van der Waals surface area (Å²) >= 11 is 0. The maximum atomic E-state index is 12.5. The number of nitrogens with one attached hydrogen (secondary N) is 1. The average Bonchev–Trinajstić information content (AvgIpc) is 2.63. The number of aryl methyl sites for hydroxylation is 3. The molecule has 1 amide bonds. The van der Waals surface area contributed by atoms with Gasteiger partial charge in [-0.25, -0.2) is 0 Å². The van der Waals surface area contributed by atoms with E-state index in [4.69, 9.17) is 9.47 Å². The third-order valence-corrected chi connectivity index (χ3v) is 4.19. The van der Waals surface area contributed by atoms with Crippen LogP contribution in [-0.2, 0) is 4.79 Å². The molecule has 0 saturated heterocycles. The zero-order valence-corrected chi connectivity index (χ0v) is 15.6. The first-order valence-corrected chi connectivity index (χ1v) is 8.12. The van der Waals surface area contributed by atoms with Gasteiger partial charge in [0, 0.05) is 11.8 Å². The molecule has 0 radical (unpaired) electrons. The topological polar surface area (TPSA) is 71.3 Å². The summed E-state index contributed by atoms with van der Waals surface area (Å²) in [5, 5.41) is 12.1. The Balaban J connectivity index is 2.30. The number of anilines is 1. The summed E-state index contributed by atoms with van der Waals surface area (Å²) in [6.45, 7) is 5.99. The number of ether oxygens (including phenoxy) is 2. The smallest absolute Gasteiger partial charge is 0.266 e. The fraction of sp³-hybridized carbons (Fsp3) is 0.238. The second-order valence-electron chi connectivity index (χ2n) is 5.99. The van der Waals surface area contributed by atoms with Crippen LogP contribution in [0, 0.1) is 32.1 Å². The second-order valence-corrected chi connectivity index (χ2v) is 5.99. The Bertz CT molecular complexity index is 908. The Labute approximate surface area is 153 Å². The highest BCUT2D eigenvalue weighted by Crippen LogP contribution is 2.30. The van der Waals surface area contributed by atoms with Crippen molar-refractivity contribution in [3.05, 3.63) is 58.2 Å². The van der Waals surface area contributed by atoms with E-state index in [0.29, 0.717) is 17.2 Å². The highest BCUT2D eigenvalue weighted by atomic mass is 16.5. The van der Waals surface area contributed by atoms with Crippen molar-refractivity contribution < 1.29 is 14.3 Å². The van der Waals surface area contributed by atoms with E-state index < -0.39 is 5.91 Å². The SMILES string of the molecule is COc1ccc(NC(=O)/C(C#N)=C/c2cc(C)c(C)cc2C)cc1OC. The molecule has 0 aromatic heterocycles. The zero-order valence-electron chi connectivity index (χ0n) is 15.6. The summed E-state index contributed by atoms with van der Waals surface area (Å²) in [7, 11) is 3.06. The van der Waals surface area contributed by atoms with Gasteiger partial charge in [0.25, 0.3) is 5.91 Å². The van der Waals surface area contributed by atoms with E-state index in [1.165, 1.54) is 12.7 Å². The number of rotatable bonds is 5. The third kappa shape index (κ3) is 4.22.